The molecule has 0 aromatic carbocycles. The number of unbranched alkanes of at least 4 members (excludes halogenated alkanes) is 29. The molecule has 2 atom stereocenters. The number of phosphoric ester groups is 1. The lowest BCUT2D eigenvalue weighted by molar-refractivity contribution is -0.870. The molecule has 0 aliphatic carbocycles. The number of likely N-dealkylation sites (N-methyl/N-ethyl adjacent to an activating group) is 1. The van der Waals surface area contributed by atoms with E-state index in [0.29, 0.717) is 17.4 Å². The molecule has 2 unspecified atom stereocenters. The number of carbonyl (C=O) groups is 2. The minimum Gasteiger partial charge on any atom is -0.462 e. The summed E-state index contributed by atoms with van der Waals surface area (Å²) in [7, 11) is 1.47. The Morgan fingerprint density at radius 1 is 0.352 bits per heavy atom. The largest absolute Gasteiger partial charge is 0.472 e. The molecule has 0 saturated carbocycles. The number of esters is 2. The van der Waals surface area contributed by atoms with Crippen LogP contribution in [0.3, 0.4) is 0 Å². The van der Waals surface area contributed by atoms with E-state index in [0.717, 1.165) is 116 Å². The van der Waals surface area contributed by atoms with Gasteiger partial charge in [-0.25, -0.2) is 4.57 Å². The molecule has 0 spiro atoms. The van der Waals surface area contributed by atoms with Crippen LogP contribution in [-0.4, -0.2) is 74.9 Å². The SMILES string of the molecule is CC/C=C\C/C=C\C/C=C\C/C=C\C/C=C\C/C=C\CCCCCCCCCCCCC(=O)OC(COC(=O)CCCCCCCCCCCCCCCCCCCCC/C=C\C/C=C\C/C=C\C/C=C\C/C=C\CC)COP(=O)(O)OCC[N+](C)(C)C. The Bertz CT molecular complexity index is 1950. The fourth-order valence-corrected chi connectivity index (χ4v) is 10.5. The van der Waals surface area contributed by atoms with Crippen LogP contribution < -0.4 is 0 Å². The maximum atomic E-state index is 12.9. The van der Waals surface area contributed by atoms with E-state index in [2.05, 4.69) is 148 Å². The van der Waals surface area contributed by atoms with Crippen molar-refractivity contribution in [1.82, 2.24) is 0 Å². The summed E-state index contributed by atoms with van der Waals surface area (Å²) < 4.78 is 34.7. The van der Waals surface area contributed by atoms with Crippen molar-refractivity contribution in [1.29, 1.82) is 0 Å². The van der Waals surface area contributed by atoms with Gasteiger partial charge >= 0.3 is 19.8 Å². The van der Waals surface area contributed by atoms with E-state index in [1.165, 1.54) is 148 Å². The Morgan fingerprint density at radius 3 is 0.909 bits per heavy atom. The predicted molar refractivity (Wildman–Crippen MR) is 381 cm³/mol. The summed E-state index contributed by atoms with van der Waals surface area (Å²) in [5.41, 5.74) is 0. The van der Waals surface area contributed by atoms with Crippen LogP contribution in [0, 0.1) is 0 Å². The molecule has 0 aromatic heterocycles. The van der Waals surface area contributed by atoms with Gasteiger partial charge in [0.25, 0.3) is 0 Å². The molecule has 0 amide bonds. The standard InChI is InChI=1S/C78H134NO8P/c1-6-8-10-12-14-16-18-20-22-24-26-28-30-32-34-36-37-38-39-40-41-43-44-46-48-50-52-54-56-58-60-62-64-66-68-70-77(80)84-74-76(75-86-88(82,83)85-73-72-79(3,4)5)87-78(81)71-69-67-65-63-61-59-57-55-53-51-49-47-45-42-35-33-31-29-27-25-23-21-19-17-15-13-11-9-7-2/h8-11,14-17,20-23,26-29,32-35,45,47,76H,6-7,12-13,18-19,24-25,30-31,36-44,46,48-75H2,1-5H3/p+1/b10-8-,11-9-,16-14-,17-15-,22-20-,23-21-,28-26-,29-27-,34-32-,35-33-,47-45-. The monoisotopic (exact) mass is 1240 g/mol. The Morgan fingerprint density at radius 2 is 0.614 bits per heavy atom. The van der Waals surface area contributed by atoms with Gasteiger partial charge in [-0.3, -0.25) is 18.6 Å². The van der Waals surface area contributed by atoms with Crippen molar-refractivity contribution in [3.05, 3.63) is 134 Å². The van der Waals surface area contributed by atoms with Crippen LogP contribution in [0.25, 0.3) is 0 Å². The summed E-state index contributed by atoms with van der Waals surface area (Å²) in [4.78, 5) is 35.9. The first-order valence-corrected chi connectivity index (χ1v) is 37.4. The molecule has 0 saturated heterocycles. The number of phosphoric acid groups is 1. The van der Waals surface area contributed by atoms with Gasteiger partial charge in [0, 0.05) is 12.8 Å². The lowest BCUT2D eigenvalue weighted by Crippen LogP contribution is -2.37. The van der Waals surface area contributed by atoms with E-state index in [1.807, 2.05) is 21.1 Å². The number of hydrogen-bond donors (Lipinski definition) is 1. The van der Waals surface area contributed by atoms with Gasteiger partial charge in [-0.2, -0.15) is 0 Å². The van der Waals surface area contributed by atoms with Crippen molar-refractivity contribution >= 4 is 19.8 Å². The normalized spacial score (nSPS) is 13.9. The fraction of sp³-hybridized carbons (Fsp3) is 0.692. The zero-order valence-electron chi connectivity index (χ0n) is 57.4. The second-order valence-corrected chi connectivity index (χ2v) is 26.3. The highest BCUT2D eigenvalue weighted by Gasteiger charge is 2.27. The molecule has 88 heavy (non-hydrogen) atoms. The average molecular weight is 1250 g/mol. The van der Waals surface area contributed by atoms with E-state index in [4.69, 9.17) is 18.5 Å². The molecule has 0 aromatic rings. The Kier molecular flexibility index (Phi) is 64.6. The third-order valence-electron chi connectivity index (χ3n) is 15.2. The fourth-order valence-electron chi connectivity index (χ4n) is 9.75. The third kappa shape index (κ3) is 71.2. The summed E-state index contributed by atoms with van der Waals surface area (Å²) in [5.74, 6) is -0.799. The van der Waals surface area contributed by atoms with Gasteiger partial charge in [0.15, 0.2) is 6.10 Å². The summed E-state index contributed by atoms with van der Waals surface area (Å²) in [6.07, 6.45) is 98.4. The second-order valence-electron chi connectivity index (χ2n) is 24.9. The summed E-state index contributed by atoms with van der Waals surface area (Å²) >= 11 is 0. The zero-order chi connectivity index (χ0) is 64.1. The lowest BCUT2D eigenvalue weighted by Gasteiger charge is -2.24. The molecule has 1 N–H and O–H groups in total. The maximum Gasteiger partial charge on any atom is 0.472 e. The molecule has 9 nitrogen and oxygen atoms in total. The Labute approximate surface area is 542 Å². The number of carbonyl (C=O) groups excluding carboxylic acids is 2. The predicted octanol–water partition coefficient (Wildman–Crippen LogP) is 23.6. The van der Waals surface area contributed by atoms with Crippen LogP contribution in [0.15, 0.2) is 134 Å². The molecule has 0 rings (SSSR count). The lowest BCUT2D eigenvalue weighted by atomic mass is 10.0. The molecule has 10 heteroatoms. The van der Waals surface area contributed by atoms with Crippen LogP contribution in [0.5, 0.6) is 0 Å². The van der Waals surface area contributed by atoms with Crippen LogP contribution >= 0.6 is 7.82 Å². The average Bonchev–Trinajstić information content (AvgIpc) is 3.68. The van der Waals surface area contributed by atoms with Gasteiger partial charge in [-0.1, -0.05) is 308 Å². The van der Waals surface area contributed by atoms with Crippen LogP contribution in [0.1, 0.15) is 296 Å². The molecular weight excluding hydrogens is 1110 g/mol. The first-order chi connectivity index (χ1) is 43.0. The molecule has 0 aliphatic rings. The number of nitrogens with zero attached hydrogens (tertiary/aromatic N) is 1. The third-order valence-corrected chi connectivity index (χ3v) is 16.2. The van der Waals surface area contributed by atoms with Crippen LogP contribution in [-0.2, 0) is 32.7 Å². The van der Waals surface area contributed by atoms with Crippen LogP contribution in [0.2, 0.25) is 0 Å². The first kappa shape index (κ1) is 84.2. The Balaban J connectivity index is 4.04. The van der Waals surface area contributed by atoms with E-state index in [9.17, 15) is 19.0 Å². The molecule has 0 fully saturated rings. The van der Waals surface area contributed by atoms with E-state index in [1.54, 1.807) is 0 Å². The minimum absolute atomic E-state index is 0.0263. The van der Waals surface area contributed by atoms with Crippen molar-refractivity contribution in [3.63, 3.8) is 0 Å². The van der Waals surface area contributed by atoms with Gasteiger partial charge in [-0.05, 0) is 109 Å². The molecule has 0 radical (unpaired) electrons. The zero-order valence-corrected chi connectivity index (χ0v) is 58.3. The van der Waals surface area contributed by atoms with E-state index in [-0.39, 0.29) is 32.0 Å². The number of allylic oxidation sites excluding steroid dienone is 22. The minimum atomic E-state index is -4.40. The molecule has 0 aliphatic heterocycles. The first-order valence-electron chi connectivity index (χ1n) is 35.9. The Hall–Kier alpha value is -3.85. The summed E-state index contributed by atoms with van der Waals surface area (Å²) in [6, 6.07) is 0. The van der Waals surface area contributed by atoms with Crippen molar-refractivity contribution in [2.24, 2.45) is 0 Å². The molecular formula is C78H135NO8P+. The number of rotatable bonds is 65. The van der Waals surface area contributed by atoms with Crippen molar-refractivity contribution in [3.8, 4) is 0 Å². The van der Waals surface area contributed by atoms with Crippen molar-refractivity contribution < 1.29 is 42.1 Å². The van der Waals surface area contributed by atoms with Gasteiger partial charge in [-0.15, -0.1) is 0 Å². The van der Waals surface area contributed by atoms with E-state index < -0.39 is 26.5 Å². The topological polar surface area (TPSA) is 108 Å². The quantitative estimate of drug-likeness (QED) is 0.0211. The van der Waals surface area contributed by atoms with Crippen molar-refractivity contribution in [2.75, 3.05) is 47.5 Å². The van der Waals surface area contributed by atoms with Gasteiger partial charge in [0.05, 0.1) is 27.7 Å². The maximum absolute atomic E-state index is 12.9. The highest BCUT2D eigenvalue weighted by molar-refractivity contribution is 7.47. The molecule has 504 valence electrons. The number of hydrogen-bond acceptors (Lipinski definition) is 7. The highest BCUT2D eigenvalue weighted by Crippen LogP contribution is 2.43. The summed E-state index contributed by atoms with van der Waals surface area (Å²) in [5, 5.41) is 0. The molecule has 0 bridgehead atoms. The van der Waals surface area contributed by atoms with Gasteiger partial charge < -0.3 is 18.9 Å². The second kappa shape index (κ2) is 67.5. The van der Waals surface area contributed by atoms with Crippen LogP contribution in [0.4, 0.5) is 0 Å². The van der Waals surface area contributed by atoms with Crippen molar-refractivity contribution in [2.45, 2.75) is 302 Å². The highest BCUT2D eigenvalue weighted by atomic mass is 31.2. The number of quaternary nitrogens is 1. The summed E-state index contributed by atoms with van der Waals surface area (Å²) in [6.45, 7) is 4.22. The van der Waals surface area contributed by atoms with E-state index >= 15 is 0 Å². The smallest absolute Gasteiger partial charge is 0.462 e. The van der Waals surface area contributed by atoms with Gasteiger partial charge in [0.2, 0.25) is 0 Å². The number of ether oxygens (including phenoxy) is 2. The molecule has 0 heterocycles. The van der Waals surface area contributed by atoms with Gasteiger partial charge in [0.1, 0.15) is 19.8 Å².